The quantitative estimate of drug-likeness (QED) is 0.0850. The molecule has 8 nitrogen and oxygen atoms in total. The Morgan fingerprint density at radius 3 is 1.51 bits per heavy atom. The molecular formula is C33H28N4O4S4. The number of hydrogen-bond donors (Lipinski definition) is 4. The van der Waals surface area contributed by atoms with Crippen LogP contribution in [0.15, 0.2) is 93.6 Å². The van der Waals surface area contributed by atoms with Crippen LogP contribution >= 0.6 is 46.2 Å². The number of thioether (sulfide) groups is 2. The van der Waals surface area contributed by atoms with Gasteiger partial charge in [0.25, 0.3) is 0 Å². The summed E-state index contributed by atoms with van der Waals surface area (Å²) in [6.07, 6.45) is 0. The molecule has 0 radical (unpaired) electrons. The maximum Gasteiger partial charge on any atom is 0.234 e. The lowest BCUT2D eigenvalue weighted by Gasteiger charge is -2.27. The van der Waals surface area contributed by atoms with E-state index in [9.17, 15) is 19.8 Å². The summed E-state index contributed by atoms with van der Waals surface area (Å²) in [6.45, 7) is 3.94. The zero-order valence-corrected chi connectivity index (χ0v) is 27.5. The summed E-state index contributed by atoms with van der Waals surface area (Å²) in [4.78, 5) is 34.3. The van der Waals surface area contributed by atoms with Crippen molar-refractivity contribution in [3.8, 4) is 11.5 Å². The molecule has 12 heteroatoms. The predicted molar refractivity (Wildman–Crippen MR) is 186 cm³/mol. The van der Waals surface area contributed by atoms with Gasteiger partial charge in [-0.2, -0.15) is 0 Å². The minimum Gasteiger partial charge on any atom is -0.506 e. The second-order valence-electron chi connectivity index (χ2n) is 10.7. The van der Waals surface area contributed by atoms with E-state index in [-0.39, 0.29) is 34.8 Å². The molecular weight excluding hydrogens is 645 g/mol. The second kappa shape index (κ2) is 13.1. The SMILES string of the molecule is CC(C)(c1ccc(NC(=O)CSc2nc3ccccc3s2)c(O)c1)c1ccc(NC(=O)CSc2nc3ccccc3s2)c(O)c1. The molecule has 4 aromatic carbocycles. The summed E-state index contributed by atoms with van der Waals surface area (Å²) >= 11 is 5.78. The Bertz CT molecular complexity index is 1830. The molecule has 0 saturated carbocycles. The molecule has 2 aromatic heterocycles. The predicted octanol–water partition coefficient (Wildman–Crippen LogP) is 8.10. The lowest BCUT2D eigenvalue weighted by atomic mass is 9.78. The minimum absolute atomic E-state index is 0.0577. The van der Waals surface area contributed by atoms with Crippen LogP contribution in [0.1, 0.15) is 25.0 Å². The number of anilines is 2. The summed E-state index contributed by atoms with van der Waals surface area (Å²) < 4.78 is 3.76. The zero-order valence-electron chi connectivity index (χ0n) is 24.2. The molecule has 0 spiro atoms. The third-order valence-electron chi connectivity index (χ3n) is 7.19. The number of amides is 2. The van der Waals surface area contributed by atoms with Crippen molar-refractivity contribution in [3.05, 3.63) is 96.1 Å². The van der Waals surface area contributed by atoms with Crippen molar-refractivity contribution in [2.24, 2.45) is 0 Å². The van der Waals surface area contributed by atoms with Crippen molar-refractivity contribution in [3.63, 3.8) is 0 Å². The molecule has 0 aliphatic carbocycles. The molecule has 228 valence electrons. The number of benzene rings is 4. The van der Waals surface area contributed by atoms with E-state index in [1.54, 1.807) is 24.3 Å². The molecule has 0 fully saturated rings. The van der Waals surface area contributed by atoms with E-state index >= 15 is 0 Å². The van der Waals surface area contributed by atoms with Crippen LogP contribution in [0.3, 0.4) is 0 Å². The van der Waals surface area contributed by atoms with Gasteiger partial charge in [-0.05, 0) is 59.7 Å². The van der Waals surface area contributed by atoms with Gasteiger partial charge in [0.05, 0.1) is 43.3 Å². The molecule has 0 aliphatic heterocycles. The van der Waals surface area contributed by atoms with Gasteiger partial charge in [-0.3, -0.25) is 9.59 Å². The van der Waals surface area contributed by atoms with Gasteiger partial charge in [-0.15, -0.1) is 22.7 Å². The Hall–Kier alpha value is -4.10. The molecule has 6 rings (SSSR count). The lowest BCUT2D eigenvalue weighted by molar-refractivity contribution is -0.114. The van der Waals surface area contributed by atoms with Crippen LogP contribution in [0, 0.1) is 0 Å². The van der Waals surface area contributed by atoms with Gasteiger partial charge in [-0.1, -0.05) is 73.8 Å². The number of aromatic hydroxyl groups is 2. The number of fused-ring (bicyclic) bond motifs is 2. The maximum atomic E-state index is 12.6. The summed E-state index contributed by atoms with van der Waals surface area (Å²) in [7, 11) is 0. The number of nitrogens with one attached hydrogen (secondary N) is 2. The van der Waals surface area contributed by atoms with Crippen LogP contribution in [0.25, 0.3) is 20.4 Å². The van der Waals surface area contributed by atoms with E-state index < -0.39 is 5.41 Å². The fraction of sp³-hybridized carbons (Fsp3) is 0.152. The van der Waals surface area contributed by atoms with Crippen molar-refractivity contribution >= 4 is 89.8 Å². The van der Waals surface area contributed by atoms with E-state index in [0.717, 1.165) is 40.2 Å². The molecule has 0 saturated heterocycles. The molecule has 45 heavy (non-hydrogen) atoms. The summed E-state index contributed by atoms with van der Waals surface area (Å²) in [5, 5.41) is 27.1. The number of nitrogens with zero attached hydrogens (tertiary/aromatic N) is 2. The highest BCUT2D eigenvalue weighted by Crippen LogP contribution is 2.39. The van der Waals surface area contributed by atoms with Crippen LogP contribution < -0.4 is 10.6 Å². The highest BCUT2D eigenvalue weighted by molar-refractivity contribution is 8.02. The van der Waals surface area contributed by atoms with Gasteiger partial charge in [0.15, 0.2) is 8.68 Å². The Morgan fingerprint density at radius 1 is 0.689 bits per heavy atom. The molecule has 0 bridgehead atoms. The average Bonchev–Trinajstić information content (AvgIpc) is 3.64. The number of carbonyl (C=O) groups is 2. The highest BCUT2D eigenvalue weighted by Gasteiger charge is 2.26. The van der Waals surface area contributed by atoms with Gasteiger partial charge in [0.1, 0.15) is 11.5 Å². The summed E-state index contributed by atoms with van der Waals surface area (Å²) in [6, 6.07) is 25.9. The smallest absolute Gasteiger partial charge is 0.234 e. The first-order valence-electron chi connectivity index (χ1n) is 13.9. The number of thiazole rings is 2. The van der Waals surface area contributed by atoms with Gasteiger partial charge in [-0.25, -0.2) is 9.97 Å². The normalized spacial score (nSPS) is 11.6. The molecule has 6 aromatic rings. The van der Waals surface area contributed by atoms with E-state index in [0.29, 0.717) is 11.4 Å². The van der Waals surface area contributed by atoms with Gasteiger partial charge >= 0.3 is 0 Å². The van der Waals surface area contributed by atoms with Crippen molar-refractivity contribution in [1.29, 1.82) is 0 Å². The Balaban J connectivity index is 1.06. The fourth-order valence-corrected chi connectivity index (χ4v) is 8.41. The molecule has 2 heterocycles. The van der Waals surface area contributed by atoms with Crippen molar-refractivity contribution < 1.29 is 19.8 Å². The van der Waals surface area contributed by atoms with Crippen LogP contribution in [-0.2, 0) is 15.0 Å². The molecule has 4 N–H and O–H groups in total. The Morgan fingerprint density at radius 2 is 1.11 bits per heavy atom. The Labute approximate surface area is 275 Å². The van der Waals surface area contributed by atoms with Crippen molar-refractivity contribution in [1.82, 2.24) is 9.97 Å². The van der Waals surface area contributed by atoms with Gasteiger partial charge < -0.3 is 20.8 Å². The van der Waals surface area contributed by atoms with Crippen LogP contribution in [-0.4, -0.2) is 43.5 Å². The number of rotatable bonds is 10. The first kappa shape index (κ1) is 30.9. The van der Waals surface area contributed by atoms with Crippen LogP contribution in [0.5, 0.6) is 11.5 Å². The van der Waals surface area contributed by atoms with Crippen molar-refractivity contribution in [2.45, 2.75) is 27.9 Å². The zero-order chi connectivity index (χ0) is 31.6. The van der Waals surface area contributed by atoms with E-state index in [4.69, 9.17) is 0 Å². The summed E-state index contributed by atoms with van der Waals surface area (Å²) in [5.74, 6) is -0.287. The Kier molecular flexibility index (Phi) is 8.99. The number of aromatic nitrogens is 2. The number of phenolic OH excluding ortho intramolecular Hbond substituents is 2. The monoisotopic (exact) mass is 672 g/mol. The molecule has 0 aliphatic rings. The molecule has 2 amide bonds. The second-order valence-corrected chi connectivity index (χ2v) is 15.2. The number of hydrogen-bond acceptors (Lipinski definition) is 10. The topological polar surface area (TPSA) is 124 Å². The minimum atomic E-state index is -0.606. The van der Waals surface area contributed by atoms with Crippen LogP contribution in [0.2, 0.25) is 0 Å². The maximum absolute atomic E-state index is 12.6. The molecule has 0 unspecified atom stereocenters. The third-order valence-corrected chi connectivity index (χ3v) is 11.5. The van der Waals surface area contributed by atoms with E-state index in [2.05, 4.69) is 20.6 Å². The number of para-hydroxylation sites is 2. The standard InChI is InChI=1S/C33H28N4O4S4/c1-33(2,19-11-13-21(25(38)15-19)34-29(40)17-42-31-36-23-7-3-5-9-27(23)44-31)20-12-14-22(26(39)16-20)35-30(41)18-43-32-37-24-8-4-6-10-28(24)45-32/h3-16,38-39H,17-18H2,1-2H3,(H,34,40)(H,35,41). The summed E-state index contributed by atoms with van der Waals surface area (Å²) in [5.41, 5.74) is 3.40. The fourth-order valence-electron chi connectivity index (χ4n) is 4.67. The average molecular weight is 673 g/mol. The number of carbonyl (C=O) groups excluding carboxylic acids is 2. The van der Waals surface area contributed by atoms with Gasteiger partial charge in [0, 0.05) is 5.41 Å². The largest absolute Gasteiger partial charge is 0.506 e. The molecule has 0 atom stereocenters. The van der Waals surface area contributed by atoms with Crippen LogP contribution in [0.4, 0.5) is 11.4 Å². The highest BCUT2D eigenvalue weighted by atomic mass is 32.2. The van der Waals surface area contributed by atoms with Crippen molar-refractivity contribution in [2.75, 3.05) is 22.1 Å². The third kappa shape index (κ3) is 7.09. The van der Waals surface area contributed by atoms with E-state index in [1.165, 1.54) is 46.2 Å². The first-order valence-corrected chi connectivity index (χ1v) is 17.5. The first-order chi connectivity index (χ1) is 21.7. The lowest BCUT2D eigenvalue weighted by Crippen LogP contribution is -2.20. The van der Waals surface area contributed by atoms with Gasteiger partial charge in [0.2, 0.25) is 11.8 Å². The van der Waals surface area contributed by atoms with E-state index in [1.807, 2.05) is 74.5 Å². The number of phenols is 2.